The summed E-state index contributed by atoms with van der Waals surface area (Å²) < 4.78 is 38.4. The van der Waals surface area contributed by atoms with Gasteiger partial charge in [0, 0.05) is 19.5 Å². The molecule has 0 atom stereocenters. The topological polar surface area (TPSA) is 49.4 Å². The number of amides is 2. The summed E-state index contributed by atoms with van der Waals surface area (Å²) in [5.41, 5.74) is -0.756. The van der Waals surface area contributed by atoms with Gasteiger partial charge in [-0.2, -0.15) is 13.2 Å². The first-order valence-corrected chi connectivity index (χ1v) is 6.57. The van der Waals surface area contributed by atoms with Crippen molar-refractivity contribution in [2.24, 2.45) is 0 Å². The monoisotopic (exact) mass is 300 g/mol. The minimum atomic E-state index is -4.45. The largest absolute Gasteiger partial charge is 0.416 e. The van der Waals surface area contributed by atoms with Crippen LogP contribution in [0.3, 0.4) is 0 Å². The molecule has 0 saturated carbocycles. The zero-order chi connectivity index (χ0) is 15.5. The maximum atomic E-state index is 12.8. The summed E-state index contributed by atoms with van der Waals surface area (Å²) in [6, 6.07) is 5.09. The molecule has 0 aromatic heterocycles. The van der Waals surface area contributed by atoms with Gasteiger partial charge in [0.15, 0.2) is 0 Å². The molecule has 114 valence electrons. The number of hydrogen-bond acceptors (Lipinski definition) is 2. The van der Waals surface area contributed by atoms with Crippen molar-refractivity contribution < 1.29 is 22.8 Å². The zero-order valence-corrected chi connectivity index (χ0v) is 11.2. The van der Waals surface area contributed by atoms with Gasteiger partial charge < -0.3 is 10.2 Å². The first-order valence-electron chi connectivity index (χ1n) is 6.57. The van der Waals surface area contributed by atoms with Gasteiger partial charge in [-0.1, -0.05) is 18.2 Å². The third-order valence-electron chi connectivity index (χ3n) is 3.30. The molecule has 1 aliphatic rings. The van der Waals surface area contributed by atoms with Gasteiger partial charge in [-0.05, 0) is 18.1 Å². The lowest BCUT2D eigenvalue weighted by molar-refractivity contribution is -0.138. The number of rotatable bonds is 4. The van der Waals surface area contributed by atoms with E-state index in [-0.39, 0.29) is 24.6 Å². The first-order chi connectivity index (χ1) is 9.88. The Morgan fingerprint density at radius 2 is 2.00 bits per heavy atom. The number of nitrogens with zero attached hydrogens (tertiary/aromatic N) is 1. The Morgan fingerprint density at radius 1 is 1.29 bits per heavy atom. The molecule has 21 heavy (non-hydrogen) atoms. The fraction of sp³-hybridized carbons (Fsp3) is 0.429. The van der Waals surface area contributed by atoms with E-state index >= 15 is 0 Å². The lowest BCUT2D eigenvalue weighted by atomic mass is 10.1. The third kappa shape index (κ3) is 3.96. The van der Waals surface area contributed by atoms with Crippen molar-refractivity contribution in [3.05, 3.63) is 35.4 Å². The van der Waals surface area contributed by atoms with E-state index in [4.69, 9.17) is 0 Å². The molecule has 1 heterocycles. The van der Waals surface area contributed by atoms with Crippen molar-refractivity contribution in [3.63, 3.8) is 0 Å². The summed E-state index contributed by atoms with van der Waals surface area (Å²) in [5, 5.41) is 2.43. The Labute approximate surface area is 119 Å². The van der Waals surface area contributed by atoms with Crippen molar-refractivity contribution in [1.29, 1.82) is 0 Å². The van der Waals surface area contributed by atoms with Crippen LogP contribution < -0.4 is 5.32 Å². The van der Waals surface area contributed by atoms with Crippen LogP contribution in [0.25, 0.3) is 0 Å². The molecule has 0 aliphatic carbocycles. The highest BCUT2D eigenvalue weighted by Gasteiger charge is 2.32. The van der Waals surface area contributed by atoms with E-state index in [1.54, 1.807) is 0 Å². The van der Waals surface area contributed by atoms with Gasteiger partial charge in [-0.15, -0.1) is 0 Å². The van der Waals surface area contributed by atoms with Crippen LogP contribution in [0.4, 0.5) is 13.2 Å². The van der Waals surface area contributed by atoms with Gasteiger partial charge in [-0.3, -0.25) is 9.59 Å². The van der Waals surface area contributed by atoms with Gasteiger partial charge in [0.25, 0.3) is 0 Å². The maximum Gasteiger partial charge on any atom is 0.416 e. The zero-order valence-electron chi connectivity index (χ0n) is 11.2. The van der Waals surface area contributed by atoms with Crippen LogP contribution in [0.15, 0.2) is 24.3 Å². The fourth-order valence-electron chi connectivity index (χ4n) is 2.25. The average molecular weight is 300 g/mol. The Bertz CT molecular complexity index is 543. The Hall–Kier alpha value is -2.05. The number of nitrogens with one attached hydrogen (secondary N) is 1. The van der Waals surface area contributed by atoms with Crippen LogP contribution in [0.5, 0.6) is 0 Å². The molecule has 0 spiro atoms. The molecule has 0 bridgehead atoms. The Balaban J connectivity index is 1.94. The molecule has 0 radical (unpaired) electrons. The summed E-state index contributed by atoms with van der Waals surface area (Å²) in [4.78, 5) is 24.5. The average Bonchev–Trinajstić information content (AvgIpc) is 2.81. The number of benzene rings is 1. The second-order valence-electron chi connectivity index (χ2n) is 4.85. The molecule has 0 unspecified atom stereocenters. The van der Waals surface area contributed by atoms with Crippen LogP contribution in [0, 0.1) is 0 Å². The second kappa shape index (κ2) is 6.15. The Kier molecular flexibility index (Phi) is 4.50. The smallest absolute Gasteiger partial charge is 0.350 e. The molecule has 1 aromatic carbocycles. The minimum absolute atomic E-state index is 0.00565. The SMILES string of the molecule is O=C(CN1CCCC1=O)NCc1ccccc1C(F)(F)F. The summed E-state index contributed by atoms with van der Waals surface area (Å²) >= 11 is 0. The van der Waals surface area contributed by atoms with Gasteiger partial charge in [0.05, 0.1) is 12.1 Å². The molecule has 1 saturated heterocycles. The van der Waals surface area contributed by atoms with Gasteiger partial charge in [0.2, 0.25) is 11.8 Å². The highest BCUT2D eigenvalue weighted by atomic mass is 19.4. The first kappa shape index (κ1) is 15.3. The molecular weight excluding hydrogens is 285 g/mol. The highest BCUT2D eigenvalue weighted by Crippen LogP contribution is 2.31. The van der Waals surface area contributed by atoms with Gasteiger partial charge in [0.1, 0.15) is 0 Å². The van der Waals surface area contributed by atoms with Crippen molar-refractivity contribution >= 4 is 11.8 Å². The molecule has 1 N–H and O–H groups in total. The maximum absolute atomic E-state index is 12.8. The highest BCUT2D eigenvalue weighted by molar-refractivity contribution is 5.85. The van der Waals surface area contributed by atoms with E-state index in [1.807, 2.05) is 0 Å². The van der Waals surface area contributed by atoms with E-state index < -0.39 is 17.6 Å². The van der Waals surface area contributed by atoms with Crippen LogP contribution in [0.1, 0.15) is 24.0 Å². The van der Waals surface area contributed by atoms with Crippen LogP contribution in [0.2, 0.25) is 0 Å². The van der Waals surface area contributed by atoms with Crippen LogP contribution in [-0.4, -0.2) is 29.8 Å². The molecular formula is C14H15F3N2O2. The van der Waals surface area contributed by atoms with E-state index in [9.17, 15) is 22.8 Å². The number of alkyl halides is 3. The summed E-state index contributed by atoms with van der Waals surface area (Å²) in [6.07, 6.45) is -3.32. The van der Waals surface area contributed by atoms with E-state index in [1.165, 1.54) is 23.1 Å². The molecule has 2 amide bonds. The van der Waals surface area contributed by atoms with Gasteiger partial charge >= 0.3 is 6.18 Å². The summed E-state index contributed by atoms with van der Waals surface area (Å²) in [7, 11) is 0. The van der Waals surface area contributed by atoms with Crippen LogP contribution in [-0.2, 0) is 22.3 Å². The van der Waals surface area contributed by atoms with Crippen molar-refractivity contribution in [2.45, 2.75) is 25.6 Å². The molecule has 7 heteroatoms. The number of halogens is 3. The van der Waals surface area contributed by atoms with Crippen molar-refractivity contribution in [3.8, 4) is 0 Å². The Morgan fingerprint density at radius 3 is 2.62 bits per heavy atom. The van der Waals surface area contributed by atoms with Crippen molar-refractivity contribution in [2.75, 3.05) is 13.1 Å². The van der Waals surface area contributed by atoms with E-state index in [0.717, 1.165) is 6.07 Å². The summed E-state index contributed by atoms with van der Waals surface area (Å²) in [6.45, 7) is 0.203. The molecule has 1 aromatic rings. The summed E-state index contributed by atoms with van der Waals surface area (Å²) in [5.74, 6) is -0.553. The normalized spacial score (nSPS) is 15.4. The fourth-order valence-corrected chi connectivity index (χ4v) is 2.25. The minimum Gasteiger partial charge on any atom is -0.350 e. The van der Waals surface area contributed by atoms with E-state index in [2.05, 4.69) is 5.32 Å². The third-order valence-corrected chi connectivity index (χ3v) is 3.30. The molecule has 1 fully saturated rings. The number of carbonyl (C=O) groups is 2. The van der Waals surface area contributed by atoms with E-state index in [0.29, 0.717) is 19.4 Å². The second-order valence-corrected chi connectivity index (χ2v) is 4.85. The number of carbonyl (C=O) groups excluding carboxylic acids is 2. The lowest BCUT2D eigenvalue weighted by Gasteiger charge is -2.16. The predicted molar refractivity (Wildman–Crippen MR) is 69.1 cm³/mol. The number of likely N-dealkylation sites (tertiary alicyclic amines) is 1. The predicted octanol–water partition coefficient (Wildman–Crippen LogP) is 1.94. The molecule has 1 aliphatic heterocycles. The lowest BCUT2D eigenvalue weighted by Crippen LogP contribution is -2.37. The quantitative estimate of drug-likeness (QED) is 0.924. The van der Waals surface area contributed by atoms with Crippen LogP contribution >= 0.6 is 0 Å². The molecule has 2 rings (SSSR count). The molecule has 4 nitrogen and oxygen atoms in total. The van der Waals surface area contributed by atoms with Crippen molar-refractivity contribution in [1.82, 2.24) is 10.2 Å². The number of hydrogen-bond donors (Lipinski definition) is 1. The van der Waals surface area contributed by atoms with Gasteiger partial charge in [-0.25, -0.2) is 0 Å². The standard InChI is InChI=1S/C14H15F3N2O2/c15-14(16,17)11-5-2-1-4-10(11)8-18-12(20)9-19-7-3-6-13(19)21/h1-2,4-5H,3,6-9H2,(H,18,20).